The van der Waals surface area contributed by atoms with Crippen LogP contribution < -0.4 is 15.6 Å². The molecule has 3 aromatic heterocycles. The molecule has 36 heavy (non-hydrogen) atoms. The number of carboxylic acid groups (broad SMARTS) is 1. The molecule has 3 aromatic rings. The summed E-state index contributed by atoms with van der Waals surface area (Å²) < 4.78 is 2.88. The van der Waals surface area contributed by atoms with Gasteiger partial charge in [0.05, 0.1) is 10.2 Å². The average Bonchev–Trinajstić information content (AvgIpc) is 3.50. The van der Waals surface area contributed by atoms with Crippen LogP contribution in [-0.2, 0) is 25.8 Å². The summed E-state index contributed by atoms with van der Waals surface area (Å²) in [5, 5.41) is 17.7. The zero-order chi connectivity index (χ0) is 25.4. The van der Waals surface area contributed by atoms with Crippen LogP contribution in [0, 0.1) is 0 Å². The number of nitrogens with zero attached hydrogens (tertiary/aromatic N) is 5. The van der Waals surface area contributed by atoms with Gasteiger partial charge in [-0.15, -0.1) is 34.4 Å². The van der Waals surface area contributed by atoms with Gasteiger partial charge in [0.2, 0.25) is 0 Å². The highest BCUT2D eigenvalue weighted by Crippen LogP contribution is 2.40. The van der Waals surface area contributed by atoms with Crippen molar-refractivity contribution in [3.05, 3.63) is 46.3 Å². The molecule has 186 valence electrons. The number of rotatable bonds is 8. The molecule has 2 aliphatic rings. The molecule has 0 bridgehead atoms. The van der Waals surface area contributed by atoms with Gasteiger partial charge in [0.15, 0.2) is 29.8 Å². The van der Waals surface area contributed by atoms with Crippen molar-refractivity contribution in [2.75, 3.05) is 18.1 Å². The van der Waals surface area contributed by atoms with E-state index in [1.54, 1.807) is 17.8 Å². The molecule has 0 radical (unpaired) electrons. The minimum Gasteiger partial charge on any atom is -0.477 e. The lowest BCUT2D eigenvalue weighted by molar-refractivity contribution is -0.687. The average molecular weight is 547 g/mol. The van der Waals surface area contributed by atoms with Crippen molar-refractivity contribution in [2.24, 2.45) is 5.16 Å². The van der Waals surface area contributed by atoms with Gasteiger partial charge in [0.1, 0.15) is 34.9 Å². The third-order valence-corrected chi connectivity index (χ3v) is 8.33. The Labute approximate surface area is 216 Å². The number of β-lactam (4-membered cyclic amide) rings is 1. The highest BCUT2D eigenvalue weighted by atomic mass is 32.2. The summed E-state index contributed by atoms with van der Waals surface area (Å²) in [7, 11) is 0. The fourth-order valence-electron chi connectivity index (χ4n) is 3.91. The number of oxime groups is 1. The summed E-state index contributed by atoms with van der Waals surface area (Å²) in [6.45, 7) is 2.24. The van der Waals surface area contributed by atoms with Crippen LogP contribution >= 0.6 is 34.4 Å². The second kappa shape index (κ2) is 9.83. The van der Waals surface area contributed by atoms with Gasteiger partial charge in [-0.2, -0.15) is 4.57 Å². The van der Waals surface area contributed by atoms with E-state index < -0.39 is 29.2 Å². The number of fused-ring (bicyclic) bond motifs is 2. The summed E-state index contributed by atoms with van der Waals surface area (Å²) in [6.07, 6.45) is 3.70. The third kappa shape index (κ3) is 4.40. The van der Waals surface area contributed by atoms with Crippen molar-refractivity contribution in [3.63, 3.8) is 0 Å². The fraction of sp³-hybridized carbons (Fsp3) is 0.286. The first kappa shape index (κ1) is 24.1. The topological polar surface area (TPSA) is 164 Å². The number of hydrogen-bond acceptors (Lipinski definition) is 11. The smallest absolute Gasteiger partial charge is 0.352 e. The number of nitrogens with two attached hydrogens (primary N) is 1. The summed E-state index contributed by atoms with van der Waals surface area (Å²) in [4.78, 5) is 52.8. The lowest BCUT2D eigenvalue weighted by Gasteiger charge is -2.49. The molecule has 15 heteroatoms. The number of aliphatic carboxylic acids is 1. The zero-order valence-electron chi connectivity index (χ0n) is 18.8. The van der Waals surface area contributed by atoms with Crippen LogP contribution in [0.1, 0.15) is 12.6 Å². The van der Waals surface area contributed by atoms with Crippen molar-refractivity contribution in [1.82, 2.24) is 20.2 Å². The largest absolute Gasteiger partial charge is 0.477 e. The van der Waals surface area contributed by atoms with Crippen molar-refractivity contribution < 1.29 is 28.9 Å². The van der Waals surface area contributed by atoms with E-state index in [0.717, 1.165) is 21.6 Å². The van der Waals surface area contributed by atoms with E-state index in [1.807, 2.05) is 23.0 Å². The van der Waals surface area contributed by atoms with E-state index in [0.29, 0.717) is 17.9 Å². The number of hydrogen-bond donors (Lipinski definition) is 3. The molecule has 2 atom stereocenters. The number of nitrogen functional groups attached to an aromatic ring is 1. The van der Waals surface area contributed by atoms with Crippen LogP contribution in [0.3, 0.4) is 0 Å². The quantitative estimate of drug-likeness (QED) is 0.160. The Hall–Kier alpha value is -3.56. The van der Waals surface area contributed by atoms with Crippen LogP contribution in [0.15, 0.2) is 45.8 Å². The predicted molar refractivity (Wildman–Crippen MR) is 134 cm³/mol. The van der Waals surface area contributed by atoms with Crippen molar-refractivity contribution >= 4 is 73.3 Å². The number of thioether (sulfide) groups is 1. The molecular weight excluding hydrogens is 526 g/mol. The van der Waals surface area contributed by atoms with Crippen LogP contribution in [0.25, 0.3) is 10.2 Å². The first-order valence-electron chi connectivity index (χ1n) is 10.7. The van der Waals surface area contributed by atoms with Gasteiger partial charge in [-0.3, -0.25) is 14.5 Å². The Kier molecular flexibility index (Phi) is 6.59. The van der Waals surface area contributed by atoms with Gasteiger partial charge < -0.3 is 21.0 Å². The summed E-state index contributed by atoms with van der Waals surface area (Å²) in [5.74, 6) is -1.98. The SMILES string of the molecule is CCON=C(C(=O)NC1C(=O)N2C(C(=O)O)=C(C[n+]3ccc4scnc4c3)CS[C@@H]12)c1csc(N)n1. The van der Waals surface area contributed by atoms with E-state index in [4.69, 9.17) is 10.6 Å². The molecular formula is C21H20N7O5S3+. The minimum atomic E-state index is -1.19. The Morgan fingerprint density at radius 3 is 2.97 bits per heavy atom. The van der Waals surface area contributed by atoms with E-state index in [-0.39, 0.29) is 28.8 Å². The van der Waals surface area contributed by atoms with E-state index in [1.165, 1.54) is 28.0 Å². The molecule has 4 N–H and O–H groups in total. The fourth-order valence-corrected chi connectivity index (χ4v) is 6.44. The Morgan fingerprint density at radius 2 is 2.25 bits per heavy atom. The van der Waals surface area contributed by atoms with Crippen LogP contribution in [0.4, 0.5) is 5.13 Å². The number of carboxylic acids is 1. The summed E-state index contributed by atoms with van der Waals surface area (Å²) >= 11 is 4.05. The molecule has 0 saturated carbocycles. The Morgan fingerprint density at radius 1 is 1.42 bits per heavy atom. The third-order valence-electron chi connectivity index (χ3n) is 5.50. The van der Waals surface area contributed by atoms with Gasteiger partial charge in [-0.25, -0.2) is 14.8 Å². The Bertz CT molecular complexity index is 1430. The van der Waals surface area contributed by atoms with Crippen molar-refractivity contribution in [2.45, 2.75) is 24.9 Å². The summed E-state index contributed by atoms with van der Waals surface area (Å²) in [5.41, 5.74) is 8.89. The molecule has 1 unspecified atom stereocenters. The van der Waals surface area contributed by atoms with Crippen LogP contribution in [0.2, 0.25) is 0 Å². The maximum absolute atomic E-state index is 13.0. The first-order chi connectivity index (χ1) is 17.4. The normalized spacial score (nSPS) is 19.8. The maximum atomic E-state index is 13.0. The highest BCUT2D eigenvalue weighted by molar-refractivity contribution is 8.00. The van der Waals surface area contributed by atoms with Gasteiger partial charge >= 0.3 is 5.97 Å². The Balaban J connectivity index is 1.35. The highest BCUT2D eigenvalue weighted by Gasteiger charge is 2.54. The number of nitrogens with one attached hydrogen (secondary N) is 1. The molecule has 5 rings (SSSR count). The van der Waals surface area contributed by atoms with E-state index in [2.05, 4.69) is 20.4 Å². The summed E-state index contributed by atoms with van der Waals surface area (Å²) in [6, 6.07) is 1.00. The number of thiazole rings is 2. The van der Waals surface area contributed by atoms with Gasteiger partial charge in [0.25, 0.3) is 11.8 Å². The monoisotopic (exact) mass is 546 g/mol. The van der Waals surface area contributed by atoms with Gasteiger partial charge in [0, 0.05) is 22.8 Å². The van der Waals surface area contributed by atoms with Gasteiger partial charge in [-0.1, -0.05) is 5.16 Å². The molecule has 1 saturated heterocycles. The maximum Gasteiger partial charge on any atom is 0.352 e. The predicted octanol–water partition coefficient (Wildman–Crippen LogP) is 0.802. The molecule has 12 nitrogen and oxygen atoms in total. The molecule has 0 spiro atoms. The van der Waals surface area contributed by atoms with Crippen molar-refractivity contribution in [1.29, 1.82) is 0 Å². The lowest BCUT2D eigenvalue weighted by atomic mass is 10.0. The zero-order valence-corrected chi connectivity index (χ0v) is 21.2. The van der Waals surface area contributed by atoms with E-state index in [9.17, 15) is 19.5 Å². The number of carbonyl (C=O) groups excluding carboxylic acids is 2. The number of anilines is 1. The number of amides is 2. The second-order valence-electron chi connectivity index (χ2n) is 7.77. The number of pyridine rings is 1. The molecule has 0 aromatic carbocycles. The molecule has 0 aliphatic carbocycles. The molecule has 2 amide bonds. The first-order valence-corrected chi connectivity index (χ1v) is 13.5. The molecule has 5 heterocycles. The lowest BCUT2D eigenvalue weighted by Crippen LogP contribution is -2.71. The number of carbonyl (C=O) groups is 3. The molecule has 2 aliphatic heterocycles. The van der Waals surface area contributed by atoms with E-state index >= 15 is 0 Å². The minimum absolute atomic E-state index is 0.0596. The second-order valence-corrected chi connectivity index (χ2v) is 10.6. The van der Waals surface area contributed by atoms with Gasteiger partial charge in [-0.05, 0) is 6.92 Å². The standard InChI is InChI=1S/C21H19N7O5S3/c1-2-33-26-14(12-8-35-21(22)24-12)17(29)25-15-18(30)28-16(20(31)32)10(7-34-19(15)28)5-27-4-3-13-11(6-27)23-9-36-13/h3-4,6,8-9,15,19H,2,5,7H2,1H3,(H3-,22,24,25,29,31,32)/p+1/t15?,19-/m0/s1. The van der Waals surface area contributed by atoms with Crippen LogP contribution in [0.5, 0.6) is 0 Å². The number of aromatic nitrogens is 3. The molecule has 1 fully saturated rings. The van der Waals surface area contributed by atoms with Crippen LogP contribution in [-0.4, -0.2) is 67.2 Å². The van der Waals surface area contributed by atoms with Crippen molar-refractivity contribution in [3.8, 4) is 0 Å².